The molecule has 0 radical (unpaired) electrons. The Hall–Kier alpha value is -1.16. The molecule has 1 aromatic rings. The number of aromatic nitrogens is 2. The zero-order valence-electron chi connectivity index (χ0n) is 6.71. The molecule has 4 heteroatoms. The van der Waals surface area contributed by atoms with Gasteiger partial charge in [0, 0.05) is 12.4 Å². The number of aromatic amines is 1. The Morgan fingerprint density at radius 2 is 2.50 bits per heavy atom. The standard InChI is InChI=1S/C8H11N3O/c12-8-7(10-4-5-11-8)6-2-1-3-9-6/h4-6,9H,1-3H2,(H,11,12). The largest absolute Gasteiger partial charge is 0.326 e. The van der Waals surface area contributed by atoms with Crippen molar-refractivity contribution in [1.29, 1.82) is 0 Å². The van der Waals surface area contributed by atoms with E-state index in [4.69, 9.17) is 0 Å². The lowest BCUT2D eigenvalue weighted by atomic mass is 10.2. The van der Waals surface area contributed by atoms with Gasteiger partial charge in [0.25, 0.3) is 5.56 Å². The molecule has 2 heterocycles. The van der Waals surface area contributed by atoms with Gasteiger partial charge in [-0.3, -0.25) is 9.78 Å². The van der Waals surface area contributed by atoms with E-state index in [0.717, 1.165) is 19.4 Å². The van der Waals surface area contributed by atoms with Gasteiger partial charge in [-0.2, -0.15) is 0 Å². The number of nitrogens with one attached hydrogen (secondary N) is 2. The van der Waals surface area contributed by atoms with Gasteiger partial charge in [0.1, 0.15) is 5.69 Å². The van der Waals surface area contributed by atoms with E-state index in [2.05, 4.69) is 15.3 Å². The van der Waals surface area contributed by atoms with Gasteiger partial charge in [0.05, 0.1) is 6.04 Å². The molecular formula is C8H11N3O. The van der Waals surface area contributed by atoms with Crippen molar-refractivity contribution in [2.45, 2.75) is 18.9 Å². The molecule has 64 valence electrons. The smallest absolute Gasteiger partial charge is 0.271 e. The van der Waals surface area contributed by atoms with Crippen LogP contribution in [0, 0.1) is 0 Å². The Bertz CT molecular complexity index is 314. The van der Waals surface area contributed by atoms with Gasteiger partial charge in [-0.15, -0.1) is 0 Å². The van der Waals surface area contributed by atoms with Crippen LogP contribution in [-0.4, -0.2) is 16.5 Å². The molecule has 1 unspecified atom stereocenters. The van der Waals surface area contributed by atoms with Crippen LogP contribution in [0.4, 0.5) is 0 Å². The monoisotopic (exact) mass is 165 g/mol. The molecule has 0 aromatic carbocycles. The molecule has 1 saturated heterocycles. The third kappa shape index (κ3) is 1.25. The maximum atomic E-state index is 11.2. The predicted octanol–water partition coefficient (Wildman–Crippen LogP) is 0.194. The molecule has 4 nitrogen and oxygen atoms in total. The van der Waals surface area contributed by atoms with Gasteiger partial charge in [0.2, 0.25) is 0 Å². The van der Waals surface area contributed by atoms with Crippen molar-refractivity contribution in [2.75, 3.05) is 6.54 Å². The number of rotatable bonds is 1. The third-order valence-electron chi connectivity index (χ3n) is 2.13. The molecule has 2 rings (SSSR count). The molecule has 1 aliphatic rings. The highest BCUT2D eigenvalue weighted by atomic mass is 16.1. The first-order valence-corrected chi connectivity index (χ1v) is 4.15. The van der Waals surface area contributed by atoms with Crippen LogP contribution in [-0.2, 0) is 0 Å². The summed E-state index contributed by atoms with van der Waals surface area (Å²) in [6, 6.07) is 0.162. The second kappa shape index (κ2) is 3.06. The summed E-state index contributed by atoms with van der Waals surface area (Å²) in [7, 11) is 0. The van der Waals surface area contributed by atoms with Crippen LogP contribution in [0.25, 0.3) is 0 Å². The van der Waals surface area contributed by atoms with Crippen molar-refractivity contribution < 1.29 is 0 Å². The predicted molar refractivity (Wildman–Crippen MR) is 44.8 cm³/mol. The molecule has 0 spiro atoms. The van der Waals surface area contributed by atoms with E-state index in [1.54, 1.807) is 12.4 Å². The maximum absolute atomic E-state index is 11.2. The minimum absolute atomic E-state index is 0.0723. The first-order chi connectivity index (χ1) is 5.88. The molecule has 1 atom stereocenters. The Morgan fingerprint density at radius 3 is 3.17 bits per heavy atom. The number of hydrogen-bond acceptors (Lipinski definition) is 3. The summed E-state index contributed by atoms with van der Waals surface area (Å²) in [6.07, 6.45) is 5.32. The Labute approximate surface area is 70.0 Å². The van der Waals surface area contributed by atoms with E-state index in [9.17, 15) is 4.79 Å². The van der Waals surface area contributed by atoms with Gasteiger partial charge in [-0.25, -0.2) is 0 Å². The molecule has 1 aliphatic heterocycles. The average Bonchev–Trinajstić information content (AvgIpc) is 2.57. The van der Waals surface area contributed by atoms with Gasteiger partial charge < -0.3 is 10.3 Å². The highest BCUT2D eigenvalue weighted by molar-refractivity contribution is 5.04. The normalized spacial score (nSPS) is 22.8. The van der Waals surface area contributed by atoms with Crippen LogP contribution in [0.5, 0.6) is 0 Å². The summed E-state index contributed by atoms with van der Waals surface area (Å²) in [5.41, 5.74) is 0.548. The lowest BCUT2D eigenvalue weighted by Crippen LogP contribution is -2.23. The van der Waals surface area contributed by atoms with Crippen LogP contribution in [0.3, 0.4) is 0 Å². The fourth-order valence-corrected chi connectivity index (χ4v) is 1.53. The Morgan fingerprint density at radius 1 is 1.58 bits per heavy atom. The van der Waals surface area contributed by atoms with E-state index >= 15 is 0 Å². The first kappa shape index (κ1) is 7.49. The Kier molecular flexibility index (Phi) is 1.91. The van der Waals surface area contributed by atoms with E-state index in [1.165, 1.54) is 0 Å². The van der Waals surface area contributed by atoms with Crippen LogP contribution in [0.15, 0.2) is 17.2 Å². The van der Waals surface area contributed by atoms with Crippen LogP contribution in [0.2, 0.25) is 0 Å². The maximum Gasteiger partial charge on any atom is 0.271 e. The van der Waals surface area contributed by atoms with E-state index in [-0.39, 0.29) is 11.6 Å². The minimum Gasteiger partial charge on any atom is -0.326 e. The third-order valence-corrected chi connectivity index (χ3v) is 2.13. The highest BCUT2D eigenvalue weighted by Gasteiger charge is 2.19. The van der Waals surface area contributed by atoms with Crippen molar-refractivity contribution in [3.63, 3.8) is 0 Å². The summed E-state index contributed by atoms with van der Waals surface area (Å²) >= 11 is 0. The van der Waals surface area contributed by atoms with Gasteiger partial charge in [-0.1, -0.05) is 0 Å². The fraction of sp³-hybridized carbons (Fsp3) is 0.500. The summed E-state index contributed by atoms with van der Waals surface area (Å²) in [5, 5.41) is 3.23. The van der Waals surface area contributed by atoms with Crippen LogP contribution < -0.4 is 10.9 Å². The van der Waals surface area contributed by atoms with Crippen molar-refractivity contribution in [3.8, 4) is 0 Å². The van der Waals surface area contributed by atoms with Crippen molar-refractivity contribution in [3.05, 3.63) is 28.4 Å². The van der Waals surface area contributed by atoms with Crippen LogP contribution >= 0.6 is 0 Å². The summed E-state index contributed by atoms with van der Waals surface area (Å²) in [6.45, 7) is 0.987. The van der Waals surface area contributed by atoms with Gasteiger partial charge >= 0.3 is 0 Å². The molecule has 0 saturated carbocycles. The first-order valence-electron chi connectivity index (χ1n) is 4.15. The molecular weight excluding hydrogens is 154 g/mol. The zero-order chi connectivity index (χ0) is 8.39. The van der Waals surface area contributed by atoms with Crippen LogP contribution in [0.1, 0.15) is 24.6 Å². The Balaban J connectivity index is 2.32. The van der Waals surface area contributed by atoms with E-state index < -0.39 is 0 Å². The highest BCUT2D eigenvalue weighted by Crippen LogP contribution is 2.17. The lowest BCUT2D eigenvalue weighted by molar-refractivity contribution is 0.617. The topological polar surface area (TPSA) is 57.8 Å². The number of nitrogens with zero attached hydrogens (tertiary/aromatic N) is 1. The van der Waals surface area contributed by atoms with Crippen molar-refractivity contribution >= 4 is 0 Å². The van der Waals surface area contributed by atoms with E-state index in [0.29, 0.717) is 5.69 Å². The molecule has 1 fully saturated rings. The molecule has 0 aliphatic carbocycles. The average molecular weight is 165 g/mol. The SMILES string of the molecule is O=c1[nH]ccnc1C1CCCN1. The fourth-order valence-electron chi connectivity index (χ4n) is 1.53. The molecule has 1 aromatic heterocycles. The quantitative estimate of drug-likeness (QED) is 0.624. The number of H-pyrrole nitrogens is 1. The molecule has 2 N–H and O–H groups in total. The summed E-state index contributed by atoms with van der Waals surface area (Å²) in [5.74, 6) is 0. The second-order valence-electron chi connectivity index (χ2n) is 2.95. The molecule has 0 bridgehead atoms. The van der Waals surface area contributed by atoms with Crippen molar-refractivity contribution in [1.82, 2.24) is 15.3 Å². The van der Waals surface area contributed by atoms with Gasteiger partial charge in [-0.05, 0) is 19.4 Å². The van der Waals surface area contributed by atoms with E-state index in [1.807, 2.05) is 0 Å². The minimum atomic E-state index is -0.0723. The molecule has 0 amide bonds. The second-order valence-corrected chi connectivity index (χ2v) is 2.95. The lowest BCUT2D eigenvalue weighted by Gasteiger charge is -2.06. The summed E-state index contributed by atoms with van der Waals surface area (Å²) < 4.78 is 0. The van der Waals surface area contributed by atoms with Gasteiger partial charge in [0.15, 0.2) is 0 Å². The zero-order valence-corrected chi connectivity index (χ0v) is 6.71. The number of hydrogen-bond donors (Lipinski definition) is 2. The summed E-state index contributed by atoms with van der Waals surface area (Å²) in [4.78, 5) is 17.9. The molecule has 12 heavy (non-hydrogen) atoms. The van der Waals surface area contributed by atoms with Crippen molar-refractivity contribution in [2.24, 2.45) is 0 Å².